The summed E-state index contributed by atoms with van der Waals surface area (Å²) >= 11 is 0. The fourth-order valence-corrected chi connectivity index (χ4v) is 1.06. The zero-order chi connectivity index (χ0) is 8.97. The molecule has 0 aliphatic carbocycles. The van der Waals surface area contributed by atoms with Gasteiger partial charge in [0.05, 0.1) is 7.11 Å². The number of carbonyl (C=O) groups is 1. The molecule has 0 radical (unpaired) electrons. The maximum absolute atomic E-state index is 10.6. The van der Waals surface area contributed by atoms with Crippen molar-refractivity contribution in [2.45, 2.75) is 19.4 Å². The molecule has 1 saturated heterocycles. The molecule has 0 aromatic rings. The maximum atomic E-state index is 10.6. The fourth-order valence-electron chi connectivity index (χ4n) is 1.06. The minimum absolute atomic E-state index is 0.0934. The number of ether oxygens (including phenoxy) is 2. The summed E-state index contributed by atoms with van der Waals surface area (Å²) in [5, 5.41) is 0. The molecule has 0 saturated carbocycles. The molecule has 3 heteroatoms. The molecule has 0 amide bonds. The van der Waals surface area contributed by atoms with Crippen molar-refractivity contribution >= 4 is 5.97 Å². The molecule has 1 rings (SSSR count). The molecular weight excluding hydrogens is 156 g/mol. The van der Waals surface area contributed by atoms with E-state index in [1.165, 1.54) is 7.11 Å². The van der Waals surface area contributed by atoms with Crippen molar-refractivity contribution in [3.05, 3.63) is 0 Å². The Kier molecular flexibility index (Phi) is 3.12. The van der Waals surface area contributed by atoms with Gasteiger partial charge in [-0.15, -0.1) is 0 Å². The molecule has 0 bridgehead atoms. The second-order valence-corrected chi connectivity index (χ2v) is 2.82. The van der Waals surface area contributed by atoms with Crippen LogP contribution in [0.3, 0.4) is 0 Å². The lowest BCUT2D eigenvalue weighted by Gasteiger charge is -2.04. The van der Waals surface area contributed by atoms with Crippen LogP contribution < -0.4 is 0 Å². The Labute approximate surface area is 72.0 Å². The van der Waals surface area contributed by atoms with Crippen molar-refractivity contribution in [2.24, 2.45) is 5.92 Å². The maximum Gasteiger partial charge on any atom is 0.384 e. The van der Waals surface area contributed by atoms with Crippen molar-refractivity contribution in [2.75, 3.05) is 13.7 Å². The standard InChI is InChI=1S/C9H12O3/c1-7-5-6-12-8(7)3-4-9(10)11-2/h7-8H,5-6H2,1-2H3. The Hall–Kier alpha value is -1.01. The Morgan fingerprint density at radius 3 is 2.92 bits per heavy atom. The third kappa shape index (κ3) is 2.24. The summed E-state index contributed by atoms with van der Waals surface area (Å²) in [6, 6.07) is 0. The van der Waals surface area contributed by atoms with Gasteiger partial charge in [-0.25, -0.2) is 4.79 Å². The molecule has 12 heavy (non-hydrogen) atoms. The fraction of sp³-hybridized carbons (Fsp3) is 0.667. The number of hydrogen-bond acceptors (Lipinski definition) is 3. The minimum atomic E-state index is -0.502. The summed E-state index contributed by atoms with van der Waals surface area (Å²) < 4.78 is 9.66. The summed E-state index contributed by atoms with van der Waals surface area (Å²) in [4.78, 5) is 10.6. The molecule has 1 aliphatic rings. The van der Waals surface area contributed by atoms with Gasteiger partial charge in [0, 0.05) is 12.5 Å². The highest BCUT2D eigenvalue weighted by Gasteiger charge is 2.21. The van der Waals surface area contributed by atoms with Gasteiger partial charge in [-0.3, -0.25) is 0 Å². The Balaban J connectivity index is 2.47. The summed E-state index contributed by atoms with van der Waals surface area (Å²) in [6.45, 7) is 2.80. The Morgan fingerprint density at radius 2 is 2.42 bits per heavy atom. The molecule has 1 heterocycles. The van der Waals surface area contributed by atoms with Crippen LogP contribution in [0.2, 0.25) is 0 Å². The van der Waals surface area contributed by atoms with Crippen LogP contribution in [0.5, 0.6) is 0 Å². The zero-order valence-electron chi connectivity index (χ0n) is 7.29. The van der Waals surface area contributed by atoms with E-state index in [1.807, 2.05) is 0 Å². The smallest absolute Gasteiger partial charge is 0.384 e. The average molecular weight is 168 g/mol. The summed E-state index contributed by atoms with van der Waals surface area (Å²) in [6.07, 6.45) is 0.921. The van der Waals surface area contributed by atoms with Crippen LogP contribution in [-0.4, -0.2) is 25.8 Å². The van der Waals surface area contributed by atoms with Crippen LogP contribution in [0.15, 0.2) is 0 Å². The number of methoxy groups -OCH3 is 1. The van der Waals surface area contributed by atoms with E-state index in [0.29, 0.717) is 5.92 Å². The van der Waals surface area contributed by atoms with Gasteiger partial charge in [0.2, 0.25) is 0 Å². The van der Waals surface area contributed by atoms with E-state index in [4.69, 9.17) is 4.74 Å². The molecule has 0 aromatic carbocycles. The molecule has 1 aliphatic heterocycles. The topological polar surface area (TPSA) is 35.5 Å². The summed E-state index contributed by atoms with van der Waals surface area (Å²) in [5.74, 6) is 5.02. The third-order valence-electron chi connectivity index (χ3n) is 1.89. The first-order valence-electron chi connectivity index (χ1n) is 3.95. The highest BCUT2D eigenvalue weighted by atomic mass is 16.5. The van der Waals surface area contributed by atoms with Gasteiger partial charge in [-0.2, -0.15) is 0 Å². The van der Waals surface area contributed by atoms with E-state index >= 15 is 0 Å². The molecule has 0 N–H and O–H groups in total. The first kappa shape index (κ1) is 9.08. The Morgan fingerprint density at radius 1 is 1.67 bits per heavy atom. The van der Waals surface area contributed by atoms with Crippen molar-refractivity contribution in [3.8, 4) is 11.8 Å². The van der Waals surface area contributed by atoms with Crippen LogP contribution in [0.1, 0.15) is 13.3 Å². The highest BCUT2D eigenvalue weighted by molar-refractivity contribution is 5.88. The predicted molar refractivity (Wildman–Crippen MR) is 43.3 cm³/mol. The molecule has 3 nitrogen and oxygen atoms in total. The quantitative estimate of drug-likeness (QED) is 0.301. The zero-order valence-corrected chi connectivity index (χ0v) is 7.29. The number of hydrogen-bond donors (Lipinski definition) is 0. The lowest BCUT2D eigenvalue weighted by Crippen LogP contribution is -2.10. The van der Waals surface area contributed by atoms with Crippen LogP contribution in [0, 0.1) is 17.8 Å². The first-order chi connectivity index (χ1) is 5.74. The lowest BCUT2D eigenvalue weighted by molar-refractivity contribution is -0.133. The average Bonchev–Trinajstić information content (AvgIpc) is 2.47. The van der Waals surface area contributed by atoms with E-state index < -0.39 is 5.97 Å². The van der Waals surface area contributed by atoms with Crippen LogP contribution >= 0.6 is 0 Å². The van der Waals surface area contributed by atoms with Crippen molar-refractivity contribution in [3.63, 3.8) is 0 Å². The molecule has 66 valence electrons. The summed E-state index contributed by atoms with van der Waals surface area (Å²) in [7, 11) is 1.32. The van der Waals surface area contributed by atoms with Crippen LogP contribution in [0.25, 0.3) is 0 Å². The molecule has 1 fully saturated rings. The van der Waals surface area contributed by atoms with Crippen LogP contribution in [-0.2, 0) is 14.3 Å². The molecule has 0 aromatic heterocycles. The van der Waals surface area contributed by atoms with Gasteiger partial charge in [0.15, 0.2) is 0 Å². The second-order valence-electron chi connectivity index (χ2n) is 2.82. The minimum Gasteiger partial charge on any atom is -0.459 e. The first-order valence-corrected chi connectivity index (χ1v) is 3.95. The monoisotopic (exact) mass is 168 g/mol. The van der Waals surface area contributed by atoms with Crippen LogP contribution in [0.4, 0.5) is 0 Å². The van der Waals surface area contributed by atoms with Crippen molar-refractivity contribution < 1.29 is 14.3 Å². The summed E-state index contributed by atoms with van der Waals surface area (Å²) in [5.41, 5.74) is 0. The van der Waals surface area contributed by atoms with Gasteiger partial charge in [0.25, 0.3) is 0 Å². The second kappa shape index (κ2) is 4.13. The predicted octanol–water partition coefficient (Wildman–Crippen LogP) is 0.588. The highest BCUT2D eigenvalue weighted by Crippen LogP contribution is 2.18. The van der Waals surface area contributed by atoms with Gasteiger partial charge in [0.1, 0.15) is 6.10 Å². The van der Waals surface area contributed by atoms with Gasteiger partial charge < -0.3 is 9.47 Å². The molecule has 2 atom stereocenters. The number of carbonyl (C=O) groups excluding carboxylic acids is 1. The third-order valence-corrected chi connectivity index (χ3v) is 1.89. The van der Waals surface area contributed by atoms with Crippen molar-refractivity contribution in [1.29, 1.82) is 0 Å². The molecule has 2 unspecified atom stereocenters. The van der Waals surface area contributed by atoms with E-state index in [1.54, 1.807) is 0 Å². The van der Waals surface area contributed by atoms with E-state index in [0.717, 1.165) is 13.0 Å². The SMILES string of the molecule is COC(=O)C#CC1OCCC1C. The molecular formula is C9H12O3. The molecule has 0 spiro atoms. The van der Waals surface area contributed by atoms with Gasteiger partial charge >= 0.3 is 5.97 Å². The number of rotatable bonds is 0. The van der Waals surface area contributed by atoms with Crippen molar-refractivity contribution in [1.82, 2.24) is 0 Å². The van der Waals surface area contributed by atoms with E-state index in [9.17, 15) is 4.79 Å². The van der Waals surface area contributed by atoms with Gasteiger partial charge in [-0.1, -0.05) is 12.8 Å². The number of esters is 1. The largest absolute Gasteiger partial charge is 0.459 e. The normalized spacial score (nSPS) is 27.5. The van der Waals surface area contributed by atoms with E-state index in [-0.39, 0.29) is 6.10 Å². The lowest BCUT2D eigenvalue weighted by atomic mass is 10.1. The Bertz CT molecular complexity index is 224. The van der Waals surface area contributed by atoms with E-state index in [2.05, 4.69) is 23.5 Å². The van der Waals surface area contributed by atoms with Gasteiger partial charge in [-0.05, 0) is 12.3 Å².